The van der Waals surface area contributed by atoms with Gasteiger partial charge < -0.3 is 10.6 Å². The second-order valence-electron chi connectivity index (χ2n) is 5.16. The van der Waals surface area contributed by atoms with Crippen molar-refractivity contribution in [2.75, 3.05) is 29.2 Å². The van der Waals surface area contributed by atoms with Crippen molar-refractivity contribution in [3.05, 3.63) is 29.8 Å². The quantitative estimate of drug-likeness (QED) is 0.921. The number of hydrogen-bond donors (Lipinski definition) is 1. The molecule has 2 atom stereocenters. The van der Waals surface area contributed by atoms with E-state index in [1.807, 2.05) is 29.2 Å². The zero-order valence-corrected chi connectivity index (χ0v) is 13.6. The van der Waals surface area contributed by atoms with Crippen molar-refractivity contribution in [3.8, 4) is 0 Å². The number of rotatable bonds is 4. The van der Waals surface area contributed by atoms with Crippen LogP contribution in [0.2, 0.25) is 0 Å². The molecule has 6 heteroatoms. The average Bonchev–Trinajstić information content (AvgIpc) is 2.46. The Morgan fingerprint density at radius 3 is 2.60 bits per heavy atom. The van der Waals surface area contributed by atoms with Gasteiger partial charge >= 0.3 is 0 Å². The molecule has 1 aliphatic heterocycles. The van der Waals surface area contributed by atoms with Crippen LogP contribution in [0.4, 0.5) is 5.69 Å². The van der Waals surface area contributed by atoms with Gasteiger partial charge in [-0.2, -0.15) is 11.8 Å². The molecule has 0 bridgehead atoms. The molecule has 0 aromatic heterocycles. The summed E-state index contributed by atoms with van der Waals surface area (Å²) in [6.45, 7) is 2.82. The van der Waals surface area contributed by atoms with Gasteiger partial charge in [0.05, 0.1) is 0 Å². The summed E-state index contributed by atoms with van der Waals surface area (Å²) in [5.74, 6) is 1.59. The highest BCUT2D eigenvalue weighted by Crippen LogP contribution is 2.27. The zero-order valence-electron chi connectivity index (χ0n) is 12.0. The fourth-order valence-electron chi connectivity index (χ4n) is 2.38. The minimum Gasteiger partial charge on any atom is -0.353 e. The van der Waals surface area contributed by atoms with Gasteiger partial charge in [-0.1, -0.05) is 19.1 Å². The van der Waals surface area contributed by atoms with Crippen LogP contribution in [0.25, 0.3) is 0 Å². The van der Waals surface area contributed by atoms with Crippen LogP contribution < -0.4 is 10.6 Å². The lowest BCUT2D eigenvalue weighted by Gasteiger charge is -2.36. The van der Waals surface area contributed by atoms with Crippen molar-refractivity contribution in [2.24, 2.45) is 5.73 Å². The summed E-state index contributed by atoms with van der Waals surface area (Å²) >= 11 is 1.70. The minimum atomic E-state index is -3.07. The summed E-state index contributed by atoms with van der Waals surface area (Å²) in [5, 5.41) is -0.424. The van der Waals surface area contributed by atoms with Crippen molar-refractivity contribution < 1.29 is 8.42 Å². The first-order valence-electron chi connectivity index (χ1n) is 6.82. The van der Waals surface area contributed by atoms with E-state index in [2.05, 4.69) is 6.92 Å². The first-order valence-corrected chi connectivity index (χ1v) is 9.93. The van der Waals surface area contributed by atoms with Gasteiger partial charge in [-0.3, -0.25) is 0 Å². The van der Waals surface area contributed by atoms with Crippen LogP contribution in [0, 0.1) is 0 Å². The highest BCUT2D eigenvalue weighted by molar-refractivity contribution is 8.01. The molecule has 1 fully saturated rings. The Bertz CT molecular complexity index is 543. The molecule has 0 aliphatic carbocycles. The Morgan fingerprint density at radius 2 is 2.05 bits per heavy atom. The van der Waals surface area contributed by atoms with Gasteiger partial charge in [-0.05, 0) is 24.1 Å². The Kier molecular flexibility index (Phi) is 4.99. The highest BCUT2D eigenvalue weighted by atomic mass is 32.2. The summed E-state index contributed by atoms with van der Waals surface area (Å²) in [6, 6.07) is 8.03. The summed E-state index contributed by atoms with van der Waals surface area (Å²) in [4.78, 5) is 1.99. The topological polar surface area (TPSA) is 63.4 Å². The van der Waals surface area contributed by atoms with Crippen molar-refractivity contribution in [3.63, 3.8) is 0 Å². The van der Waals surface area contributed by atoms with E-state index in [9.17, 15) is 8.42 Å². The molecule has 1 saturated heterocycles. The number of sulfone groups is 1. The SMILES string of the molecule is CCC(N)c1ccc(N2CCSCC2S(C)(=O)=O)cc1. The molecule has 112 valence electrons. The van der Waals surface area contributed by atoms with Gasteiger partial charge in [0.2, 0.25) is 0 Å². The Labute approximate surface area is 125 Å². The monoisotopic (exact) mass is 314 g/mol. The Morgan fingerprint density at radius 1 is 1.40 bits per heavy atom. The largest absolute Gasteiger partial charge is 0.353 e. The second-order valence-corrected chi connectivity index (χ2v) is 8.51. The molecule has 2 unspecified atom stereocenters. The standard InChI is InChI=1S/C14H22N2O2S2/c1-3-13(15)11-4-6-12(7-5-11)16-8-9-19-10-14(16)20(2,17)18/h4-7,13-14H,3,8-10,15H2,1-2H3. The lowest BCUT2D eigenvalue weighted by Crippen LogP contribution is -2.47. The fourth-order valence-corrected chi connectivity index (χ4v) is 5.22. The summed E-state index contributed by atoms with van der Waals surface area (Å²) < 4.78 is 23.8. The molecule has 0 saturated carbocycles. The molecule has 20 heavy (non-hydrogen) atoms. The number of hydrogen-bond acceptors (Lipinski definition) is 5. The maximum absolute atomic E-state index is 11.9. The lowest BCUT2D eigenvalue weighted by atomic mass is 10.1. The predicted molar refractivity (Wildman–Crippen MR) is 87.0 cm³/mol. The third-order valence-corrected chi connectivity index (χ3v) is 6.31. The Balaban J connectivity index is 2.25. The first-order chi connectivity index (χ1) is 9.43. The normalized spacial score (nSPS) is 21.8. The summed E-state index contributed by atoms with van der Waals surface area (Å²) in [7, 11) is -3.07. The molecule has 0 amide bonds. The number of nitrogens with zero attached hydrogens (tertiary/aromatic N) is 1. The van der Waals surface area contributed by atoms with Crippen molar-refractivity contribution in [1.82, 2.24) is 0 Å². The van der Waals surface area contributed by atoms with E-state index in [1.165, 1.54) is 6.26 Å². The first kappa shape index (κ1) is 15.7. The van der Waals surface area contributed by atoms with Gasteiger partial charge in [0, 0.05) is 36.0 Å². The highest BCUT2D eigenvalue weighted by Gasteiger charge is 2.31. The fraction of sp³-hybridized carbons (Fsp3) is 0.571. The van der Waals surface area contributed by atoms with Crippen molar-refractivity contribution in [2.45, 2.75) is 24.8 Å². The lowest BCUT2D eigenvalue weighted by molar-refractivity contribution is 0.584. The van der Waals surface area contributed by atoms with Crippen LogP contribution in [0.5, 0.6) is 0 Å². The summed E-state index contributed by atoms with van der Waals surface area (Å²) in [6.07, 6.45) is 2.21. The maximum atomic E-state index is 11.9. The van der Waals surface area contributed by atoms with Gasteiger partial charge in [0.1, 0.15) is 5.37 Å². The minimum absolute atomic E-state index is 0.0478. The maximum Gasteiger partial charge on any atom is 0.169 e. The van der Waals surface area contributed by atoms with E-state index in [0.29, 0.717) is 5.75 Å². The van der Waals surface area contributed by atoms with Crippen molar-refractivity contribution in [1.29, 1.82) is 0 Å². The molecule has 2 rings (SSSR count). The third kappa shape index (κ3) is 3.48. The number of thioether (sulfide) groups is 1. The molecule has 1 heterocycles. The molecule has 0 spiro atoms. The van der Waals surface area contributed by atoms with Crippen LogP contribution in [-0.4, -0.2) is 38.1 Å². The van der Waals surface area contributed by atoms with Crippen LogP contribution in [0.3, 0.4) is 0 Å². The average molecular weight is 314 g/mol. The number of nitrogens with two attached hydrogens (primary N) is 1. The van der Waals surface area contributed by atoms with Crippen LogP contribution in [0.1, 0.15) is 24.9 Å². The zero-order chi connectivity index (χ0) is 14.8. The van der Waals surface area contributed by atoms with Gasteiger partial charge in [-0.25, -0.2) is 8.42 Å². The predicted octanol–water partition coefficient (Wildman–Crippen LogP) is 2.02. The molecule has 4 nitrogen and oxygen atoms in total. The van der Waals surface area contributed by atoms with Crippen molar-refractivity contribution >= 4 is 27.3 Å². The smallest absolute Gasteiger partial charge is 0.169 e. The molecular weight excluding hydrogens is 292 g/mol. The van der Waals surface area contributed by atoms with E-state index in [1.54, 1.807) is 11.8 Å². The van der Waals surface area contributed by atoms with E-state index in [-0.39, 0.29) is 6.04 Å². The second kappa shape index (κ2) is 6.37. The molecule has 0 radical (unpaired) electrons. The van der Waals surface area contributed by atoms with E-state index < -0.39 is 15.2 Å². The van der Waals surface area contributed by atoms with Crippen LogP contribution in [0.15, 0.2) is 24.3 Å². The Hall–Kier alpha value is -0.720. The summed E-state index contributed by atoms with van der Waals surface area (Å²) in [5.41, 5.74) is 8.07. The number of benzene rings is 1. The third-order valence-electron chi connectivity index (χ3n) is 3.67. The van der Waals surface area contributed by atoms with Gasteiger partial charge in [0.25, 0.3) is 0 Å². The van der Waals surface area contributed by atoms with Gasteiger partial charge in [-0.15, -0.1) is 0 Å². The molecule has 1 aliphatic rings. The molecular formula is C14H22N2O2S2. The van der Waals surface area contributed by atoms with E-state index >= 15 is 0 Å². The van der Waals surface area contributed by atoms with Crippen LogP contribution in [-0.2, 0) is 9.84 Å². The van der Waals surface area contributed by atoms with E-state index in [0.717, 1.165) is 30.0 Å². The molecule has 1 aromatic carbocycles. The van der Waals surface area contributed by atoms with E-state index in [4.69, 9.17) is 5.73 Å². The number of anilines is 1. The molecule has 2 N–H and O–H groups in total. The molecule has 1 aromatic rings. The van der Waals surface area contributed by atoms with Gasteiger partial charge in [0.15, 0.2) is 9.84 Å². The van der Waals surface area contributed by atoms with Crippen LogP contribution >= 0.6 is 11.8 Å².